The second kappa shape index (κ2) is 10.5. The summed E-state index contributed by atoms with van der Waals surface area (Å²) < 4.78 is 48.5. The van der Waals surface area contributed by atoms with Crippen LogP contribution in [0, 0.1) is 5.82 Å². The van der Waals surface area contributed by atoms with Crippen LogP contribution in [0.5, 0.6) is 5.75 Å². The Kier molecular flexibility index (Phi) is 7.45. The van der Waals surface area contributed by atoms with Gasteiger partial charge in [-0.15, -0.1) is 0 Å². The van der Waals surface area contributed by atoms with Gasteiger partial charge in [0.15, 0.2) is 0 Å². The molecule has 0 saturated carbocycles. The van der Waals surface area contributed by atoms with Crippen LogP contribution >= 0.6 is 23.2 Å². The van der Waals surface area contributed by atoms with Gasteiger partial charge in [0.2, 0.25) is 0 Å². The first-order valence-electron chi connectivity index (χ1n) is 10.3. The molecule has 4 aromatic rings. The monoisotopic (exact) mass is 533 g/mol. The van der Waals surface area contributed by atoms with Gasteiger partial charge >= 0.3 is 10.1 Å². The van der Waals surface area contributed by atoms with Gasteiger partial charge in [-0.2, -0.15) is 8.42 Å². The van der Waals surface area contributed by atoms with Crippen LogP contribution in [0.1, 0.15) is 21.7 Å². The molecule has 0 radical (unpaired) electrons. The van der Waals surface area contributed by atoms with Crippen LogP contribution in [0.25, 0.3) is 0 Å². The standard InChI is InChI=1S/C25H18Cl2FNO5S/c26-18-5-12-23(24(27)14-18)25(30)29(16-21-2-1-13-33-21)15-17-3-8-20(9-4-17)34-35(31,32)22-10-6-19(28)7-11-22/h1-14H,15-16H2. The van der Waals surface area contributed by atoms with E-state index in [0.717, 1.165) is 24.3 Å². The fourth-order valence-electron chi connectivity index (χ4n) is 3.27. The van der Waals surface area contributed by atoms with Crippen molar-refractivity contribution in [2.24, 2.45) is 0 Å². The molecule has 0 spiro atoms. The molecule has 0 aliphatic rings. The number of nitrogens with zero attached hydrogens (tertiary/aromatic N) is 1. The molecular weight excluding hydrogens is 516 g/mol. The van der Waals surface area contributed by atoms with Crippen LogP contribution < -0.4 is 4.18 Å². The highest BCUT2D eigenvalue weighted by Gasteiger charge is 2.21. The second-order valence-electron chi connectivity index (χ2n) is 7.50. The summed E-state index contributed by atoms with van der Waals surface area (Å²) >= 11 is 12.2. The number of hydrogen-bond donors (Lipinski definition) is 0. The molecule has 0 saturated heterocycles. The number of amides is 1. The predicted molar refractivity (Wildman–Crippen MR) is 129 cm³/mol. The Labute approximate surface area is 211 Å². The third kappa shape index (κ3) is 6.22. The van der Waals surface area contributed by atoms with E-state index in [1.807, 2.05) is 0 Å². The topological polar surface area (TPSA) is 76.8 Å². The van der Waals surface area contributed by atoms with Gasteiger partial charge in [-0.1, -0.05) is 35.3 Å². The summed E-state index contributed by atoms with van der Waals surface area (Å²) in [4.78, 5) is 14.6. The van der Waals surface area contributed by atoms with Crippen molar-refractivity contribution in [3.63, 3.8) is 0 Å². The number of carbonyl (C=O) groups is 1. The van der Waals surface area contributed by atoms with E-state index in [2.05, 4.69) is 0 Å². The van der Waals surface area contributed by atoms with Gasteiger partial charge in [-0.25, -0.2) is 4.39 Å². The van der Waals surface area contributed by atoms with Crippen molar-refractivity contribution < 1.29 is 26.2 Å². The summed E-state index contributed by atoms with van der Waals surface area (Å²) in [7, 11) is -4.13. The molecular formula is C25H18Cl2FNO5S. The van der Waals surface area contributed by atoms with Crippen molar-refractivity contribution in [1.82, 2.24) is 4.90 Å². The molecule has 6 nitrogen and oxygen atoms in total. The van der Waals surface area contributed by atoms with Crippen molar-refractivity contribution in [2.75, 3.05) is 0 Å². The number of rotatable bonds is 8. The molecule has 0 N–H and O–H groups in total. The number of hydrogen-bond acceptors (Lipinski definition) is 5. The minimum Gasteiger partial charge on any atom is -0.467 e. The molecule has 0 aliphatic carbocycles. The van der Waals surface area contributed by atoms with Gasteiger partial charge in [-0.05, 0) is 72.3 Å². The minimum atomic E-state index is -4.13. The molecule has 4 rings (SSSR count). The molecule has 3 aromatic carbocycles. The van der Waals surface area contributed by atoms with Gasteiger partial charge in [0.1, 0.15) is 22.2 Å². The lowest BCUT2D eigenvalue weighted by atomic mass is 10.1. The molecule has 0 bridgehead atoms. The van der Waals surface area contributed by atoms with Crippen molar-refractivity contribution in [3.8, 4) is 5.75 Å². The lowest BCUT2D eigenvalue weighted by molar-refractivity contribution is 0.0718. The van der Waals surface area contributed by atoms with Crippen LogP contribution in [0.2, 0.25) is 10.0 Å². The largest absolute Gasteiger partial charge is 0.467 e. The Morgan fingerprint density at radius 3 is 2.29 bits per heavy atom. The van der Waals surface area contributed by atoms with Crippen molar-refractivity contribution in [3.05, 3.63) is 118 Å². The lowest BCUT2D eigenvalue weighted by Crippen LogP contribution is -2.30. The number of carbonyl (C=O) groups excluding carboxylic acids is 1. The summed E-state index contributed by atoms with van der Waals surface area (Å²) in [5, 5.41) is 0.636. The maximum Gasteiger partial charge on any atom is 0.339 e. The van der Waals surface area contributed by atoms with E-state index in [1.54, 1.807) is 41.3 Å². The zero-order chi connectivity index (χ0) is 25.0. The highest BCUT2D eigenvalue weighted by Crippen LogP contribution is 2.25. The Bertz CT molecular complexity index is 1420. The van der Waals surface area contributed by atoms with Gasteiger partial charge in [-0.3, -0.25) is 4.79 Å². The molecule has 180 valence electrons. The predicted octanol–water partition coefficient (Wildman–Crippen LogP) is 6.34. The van der Waals surface area contributed by atoms with Gasteiger partial charge in [0.05, 0.1) is 23.4 Å². The van der Waals surface area contributed by atoms with E-state index in [9.17, 15) is 17.6 Å². The third-order valence-electron chi connectivity index (χ3n) is 4.98. The first-order chi connectivity index (χ1) is 16.7. The molecule has 1 heterocycles. The summed E-state index contributed by atoms with van der Waals surface area (Å²) in [6.07, 6.45) is 1.51. The van der Waals surface area contributed by atoms with E-state index in [-0.39, 0.29) is 40.2 Å². The zero-order valence-corrected chi connectivity index (χ0v) is 20.4. The molecule has 0 fully saturated rings. The third-order valence-corrected chi connectivity index (χ3v) is 6.79. The molecule has 1 amide bonds. The highest BCUT2D eigenvalue weighted by atomic mass is 35.5. The van der Waals surface area contributed by atoms with E-state index < -0.39 is 15.9 Å². The summed E-state index contributed by atoms with van der Waals surface area (Å²) in [5.41, 5.74) is 0.995. The van der Waals surface area contributed by atoms with Crippen LogP contribution in [0.4, 0.5) is 4.39 Å². The van der Waals surface area contributed by atoms with E-state index in [1.165, 1.54) is 24.5 Å². The van der Waals surface area contributed by atoms with Gasteiger partial charge < -0.3 is 13.5 Å². The molecule has 0 aliphatic heterocycles. The zero-order valence-electron chi connectivity index (χ0n) is 18.0. The number of halogens is 3. The molecule has 1 aromatic heterocycles. The van der Waals surface area contributed by atoms with E-state index in [0.29, 0.717) is 16.3 Å². The van der Waals surface area contributed by atoms with Gasteiger partial charge in [0, 0.05) is 11.6 Å². The second-order valence-corrected chi connectivity index (χ2v) is 9.89. The normalized spacial score (nSPS) is 11.3. The average molecular weight is 534 g/mol. The summed E-state index contributed by atoms with van der Waals surface area (Å²) in [5.74, 6) is -0.236. The van der Waals surface area contributed by atoms with Crippen LogP contribution in [0.3, 0.4) is 0 Å². The Morgan fingerprint density at radius 2 is 1.66 bits per heavy atom. The first kappa shape index (κ1) is 24.8. The molecule has 35 heavy (non-hydrogen) atoms. The van der Waals surface area contributed by atoms with Crippen molar-refractivity contribution in [1.29, 1.82) is 0 Å². The van der Waals surface area contributed by atoms with Crippen LogP contribution in [0.15, 0.2) is 94.4 Å². The SMILES string of the molecule is O=C(c1ccc(Cl)cc1Cl)N(Cc1ccc(OS(=O)(=O)c2ccc(F)cc2)cc1)Cc1ccco1. The quantitative estimate of drug-likeness (QED) is 0.247. The van der Waals surface area contributed by atoms with E-state index in [4.69, 9.17) is 31.8 Å². The Balaban J connectivity index is 1.53. The number of benzene rings is 3. The maximum absolute atomic E-state index is 13.3. The molecule has 0 unspecified atom stereocenters. The van der Waals surface area contributed by atoms with Crippen molar-refractivity contribution in [2.45, 2.75) is 18.0 Å². The fraction of sp³-hybridized carbons (Fsp3) is 0.0800. The smallest absolute Gasteiger partial charge is 0.339 e. The van der Waals surface area contributed by atoms with E-state index >= 15 is 0 Å². The molecule has 0 atom stereocenters. The Hall–Kier alpha value is -3.33. The minimum absolute atomic E-state index is 0.0720. The lowest BCUT2D eigenvalue weighted by Gasteiger charge is -2.22. The number of furan rings is 1. The van der Waals surface area contributed by atoms with Crippen LogP contribution in [-0.4, -0.2) is 19.2 Å². The van der Waals surface area contributed by atoms with Gasteiger partial charge in [0.25, 0.3) is 5.91 Å². The summed E-state index contributed by atoms with van der Waals surface area (Å²) in [6, 6.07) is 18.7. The first-order valence-corrected chi connectivity index (χ1v) is 12.4. The van der Waals surface area contributed by atoms with Crippen molar-refractivity contribution >= 4 is 39.2 Å². The van der Waals surface area contributed by atoms with Crippen LogP contribution in [-0.2, 0) is 23.2 Å². The highest BCUT2D eigenvalue weighted by molar-refractivity contribution is 7.87. The maximum atomic E-state index is 13.3. The molecule has 10 heteroatoms. The average Bonchev–Trinajstić information content (AvgIpc) is 3.33. The summed E-state index contributed by atoms with van der Waals surface area (Å²) in [6.45, 7) is 0.367. The fourth-order valence-corrected chi connectivity index (χ4v) is 4.69. The Morgan fingerprint density at radius 1 is 0.943 bits per heavy atom.